The van der Waals surface area contributed by atoms with Crippen LogP contribution in [0.4, 0.5) is 0 Å². The summed E-state index contributed by atoms with van der Waals surface area (Å²) in [6, 6.07) is 0.700. The third-order valence-electron chi connectivity index (χ3n) is 3.84. The van der Waals surface area contributed by atoms with Crippen molar-refractivity contribution < 1.29 is 9.47 Å². The van der Waals surface area contributed by atoms with E-state index in [-0.39, 0.29) is 0 Å². The maximum absolute atomic E-state index is 5.80. The molecule has 0 aromatic rings. The largest absolute Gasteiger partial charge is 0.371 e. The third kappa shape index (κ3) is 0.605. The summed E-state index contributed by atoms with van der Waals surface area (Å²) in [6.45, 7) is 0. The number of nitrogens with one attached hydrogen (secondary N) is 1. The van der Waals surface area contributed by atoms with Gasteiger partial charge in [0.1, 0.15) is 12.3 Å². The van der Waals surface area contributed by atoms with Crippen LogP contribution in [0.25, 0.3) is 0 Å². The van der Waals surface area contributed by atoms with Gasteiger partial charge in [-0.1, -0.05) is 0 Å². The van der Waals surface area contributed by atoms with Crippen LogP contribution in [-0.4, -0.2) is 30.6 Å². The van der Waals surface area contributed by atoms with E-state index in [1.165, 1.54) is 19.3 Å². The summed E-state index contributed by atoms with van der Waals surface area (Å²) in [5.41, 5.74) is 0. The van der Waals surface area contributed by atoms with E-state index in [2.05, 4.69) is 5.32 Å². The Morgan fingerprint density at radius 1 is 1.08 bits per heavy atom. The van der Waals surface area contributed by atoms with Crippen LogP contribution < -0.4 is 5.32 Å². The standard InChI is InChI=1S/C9H13NO2/c1-2-4-6-5(3-1)11-7(6)8-9(10-4)12-8/h4-10H,1-3H2. The Morgan fingerprint density at radius 2 is 2.08 bits per heavy atom. The van der Waals surface area contributed by atoms with Crippen LogP contribution in [-0.2, 0) is 9.47 Å². The molecule has 3 heterocycles. The lowest BCUT2D eigenvalue weighted by Crippen LogP contribution is -2.66. The molecule has 3 aliphatic heterocycles. The fourth-order valence-electron chi connectivity index (χ4n) is 3.19. The summed E-state index contributed by atoms with van der Waals surface area (Å²) in [4.78, 5) is 0. The highest BCUT2D eigenvalue weighted by atomic mass is 16.6. The SMILES string of the molecule is C1CC2NC3OC3C3OC(C1)C23. The molecule has 66 valence electrons. The van der Waals surface area contributed by atoms with Gasteiger partial charge in [-0.3, -0.25) is 5.32 Å². The van der Waals surface area contributed by atoms with Gasteiger partial charge < -0.3 is 9.47 Å². The van der Waals surface area contributed by atoms with Crippen LogP contribution in [0.1, 0.15) is 19.3 Å². The van der Waals surface area contributed by atoms with E-state index in [0.29, 0.717) is 30.6 Å². The van der Waals surface area contributed by atoms with E-state index in [4.69, 9.17) is 9.47 Å². The summed E-state index contributed by atoms with van der Waals surface area (Å²) in [7, 11) is 0. The van der Waals surface area contributed by atoms with Crippen molar-refractivity contribution in [3.05, 3.63) is 0 Å². The molecule has 3 nitrogen and oxygen atoms in total. The Kier molecular flexibility index (Phi) is 0.986. The molecule has 12 heavy (non-hydrogen) atoms. The van der Waals surface area contributed by atoms with Crippen molar-refractivity contribution in [1.82, 2.24) is 5.32 Å². The summed E-state index contributed by atoms with van der Waals surface area (Å²) >= 11 is 0. The fraction of sp³-hybridized carbons (Fsp3) is 1.00. The van der Waals surface area contributed by atoms with E-state index in [0.717, 1.165) is 5.92 Å². The Balaban J connectivity index is 1.67. The van der Waals surface area contributed by atoms with Gasteiger partial charge in [0.2, 0.25) is 0 Å². The van der Waals surface area contributed by atoms with Crippen LogP contribution in [0, 0.1) is 5.92 Å². The Hall–Kier alpha value is -0.120. The average Bonchev–Trinajstić information content (AvgIpc) is 2.75. The first-order valence-corrected chi connectivity index (χ1v) is 5.00. The normalized spacial score (nSPS) is 66.0. The van der Waals surface area contributed by atoms with Crippen molar-refractivity contribution in [2.75, 3.05) is 0 Å². The van der Waals surface area contributed by atoms with Gasteiger partial charge in [0, 0.05) is 12.0 Å². The molecule has 3 saturated heterocycles. The lowest BCUT2D eigenvalue weighted by Gasteiger charge is -2.53. The molecule has 0 aromatic carbocycles. The average molecular weight is 167 g/mol. The van der Waals surface area contributed by atoms with Crippen molar-refractivity contribution in [3.8, 4) is 0 Å². The second kappa shape index (κ2) is 1.86. The fourth-order valence-corrected chi connectivity index (χ4v) is 3.19. The molecular formula is C9H13NO2. The van der Waals surface area contributed by atoms with Crippen LogP contribution in [0.5, 0.6) is 0 Å². The zero-order valence-electron chi connectivity index (χ0n) is 6.90. The van der Waals surface area contributed by atoms with E-state index in [9.17, 15) is 0 Å². The van der Waals surface area contributed by atoms with Gasteiger partial charge in [0.15, 0.2) is 0 Å². The van der Waals surface area contributed by atoms with E-state index < -0.39 is 0 Å². The number of hydrogen-bond acceptors (Lipinski definition) is 3. The maximum atomic E-state index is 5.80. The second-order valence-corrected chi connectivity index (χ2v) is 4.44. The van der Waals surface area contributed by atoms with Gasteiger partial charge in [-0.05, 0) is 19.3 Å². The second-order valence-electron chi connectivity index (χ2n) is 4.44. The minimum Gasteiger partial charge on any atom is -0.371 e. The zero-order chi connectivity index (χ0) is 7.71. The zero-order valence-corrected chi connectivity index (χ0v) is 6.90. The minimum absolute atomic E-state index is 0.343. The Bertz CT molecular complexity index is 233. The number of piperidine rings is 1. The van der Waals surface area contributed by atoms with Crippen molar-refractivity contribution in [1.29, 1.82) is 0 Å². The highest BCUT2D eigenvalue weighted by molar-refractivity contribution is 5.12. The summed E-state index contributed by atoms with van der Waals surface area (Å²) in [6.07, 6.45) is 5.68. The Morgan fingerprint density at radius 3 is 3.08 bits per heavy atom. The van der Waals surface area contributed by atoms with Crippen molar-refractivity contribution in [2.24, 2.45) is 5.92 Å². The number of rotatable bonds is 0. The maximum Gasteiger partial charge on any atom is 0.138 e. The predicted molar refractivity (Wildman–Crippen MR) is 41.6 cm³/mol. The molecule has 4 fully saturated rings. The molecule has 1 saturated carbocycles. The van der Waals surface area contributed by atoms with Gasteiger partial charge in [0.05, 0.1) is 12.2 Å². The number of hydrogen-bond donors (Lipinski definition) is 1. The minimum atomic E-state index is 0.343. The van der Waals surface area contributed by atoms with Crippen molar-refractivity contribution in [3.63, 3.8) is 0 Å². The molecule has 0 spiro atoms. The predicted octanol–water partition coefficient (Wildman–Crippen LogP) is 0.251. The molecular weight excluding hydrogens is 154 g/mol. The van der Waals surface area contributed by atoms with Crippen molar-refractivity contribution >= 4 is 0 Å². The smallest absolute Gasteiger partial charge is 0.138 e. The van der Waals surface area contributed by atoms with Crippen LogP contribution in [0.3, 0.4) is 0 Å². The first kappa shape index (κ1) is 6.35. The number of fused-ring (bicyclic) bond motifs is 2. The molecule has 0 amide bonds. The highest BCUT2D eigenvalue weighted by Gasteiger charge is 2.64. The molecule has 1 N–H and O–H groups in total. The number of ether oxygens (including phenoxy) is 2. The van der Waals surface area contributed by atoms with E-state index >= 15 is 0 Å². The highest BCUT2D eigenvalue weighted by Crippen LogP contribution is 2.49. The molecule has 3 heteroatoms. The van der Waals surface area contributed by atoms with E-state index in [1.54, 1.807) is 0 Å². The van der Waals surface area contributed by atoms with Gasteiger partial charge in [0.25, 0.3) is 0 Å². The molecule has 6 unspecified atom stereocenters. The summed E-state index contributed by atoms with van der Waals surface area (Å²) in [5.74, 6) is 0.780. The van der Waals surface area contributed by atoms with Gasteiger partial charge >= 0.3 is 0 Å². The monoisotopic (exact) mass is 167 g/mol. The third-order valence-corrected chi connectivity index (χ3v) is 3.84. The molecule has 0 radical (unpaired) electrons. The lowest BCUT2D eigenvalue weighted by molar-refractivity contribution is -0.221. The van der Waals surface area contributed by atoms with Crippen LogP contribution in [0.15, 0.2) is 0 Å². The molecule has 6 atom stereocenters. The summed E-state index contributed by atoms with van der Waals surface area (Å²) < 4.78 is 11.3. The van der Waals surface area contributed by atoms with Gasteiger partial charge in [-0.25, -0.2) is 0 Å². The molecule has 0 bridgehead atoms. The molecule has 0 aromatic heterocycles. The molecule has 1 aliphatic carbocycles. The first-order valence-electron chi connectivity index (χ1n) is 5.00. The number of epoxide rings is 1. The molecule has 4 rings (SSSR count). The van der Waals surface area contributed by atoms with Crippen molar-refractivity contribution in [2.45, 2.75) is 49.8 Å². The summed E-state index contributed by atoms with van der Waals surface area (Å²) in [5, 5.41) is 3.55. The van der Waals surface area contributed by atoms with Crippen LogP contribution in [0.2, 0.25) is 0 Å². The quantitative estimate of drug-likeness (QED) is 0.525. The lowest BCUT2D eigenvalue weighted by atomic mass is 9.71. The van der Waals surface area contributed by atoms with Crippen LogP contribution >= 0.6 is 0 Å². The van der Waals surface area contributed by atoms with Gasteiger partial charge in [-0.15, -0.1) is 0 Å². The Labute approximate surface area is 71.4 Å². The topological polar surface area (TPSA) is 33.8 Å². The molecule has 4 aliphatic rings. The van der Waals surface area contributed by atoms with E-state index in [1.807, 2.05) is 0 Å². The van der Waals surface area contributed by atoms with Gasteiger partial charge in [-0.2, -0.15) is 0 Å². The first-order chi connectivity index (χ1) is 5.93.